The Labute approximate surface area is 106 Å². The van der Waals surface area contributed by atoms with E-state index in [2.05, 4.69) is 39.6 Å². The van der Waals surface area contributed by atoms with Gasteiger partial charge in [-0.1, -0.05) is 6.42 Å². The molecule has 1 saturated carbocycles. The average Bonchev–Trinajstić information content (AvgIpc) is 2.60. The summed E-state index contributed by atoms with van der Waals surface area (Å²) < 4.78 is 3.27. The second-order valence-corrected chi connectivity index (χ2v) is 5.89. The van der Waals surface area contributed by atoms with Crippen LogP contribution in [0.1, 0.15) is 57.2 Å². The van der Waals surface area contributed by atoms with E-state index in [1.165, 1.54) is 25.0 Å². The minimum absolute atomic E-state index is 0.362. The molecule has 0 aliphatic heterocycles. The monoisotopic (exact) mass is 285 g/mol. The summed E-state index contributed by atoms with van der Waals surface area (Å²) in [7, 11) is 0. The third-order valence-corrected chi connectivity index (χ3v) is 3.99. The number of rotatable bonds is 2. The molecule has 1 fully saturated rings. The Bertz CT molecular complexity index is 359. The van der Waals surface area contributed by atoms with Gasteiger partial charge in [0.25, 0.3) is 0 Å². The molecule has 0 spiro atoms. The molecule has 0 bridgehead atoms. The van der Waals surface area contributed by atoms with Crippen molar-refractivity contribution in [3.8, 4) is 0 Å². The van der Waals surface area contributed by atoms with Crippen LogP contribution < -0.4 is 5.73 Å². The van der Waals surface area contributed by atoms with Gasteiger partial charge in [-0.2, -0.15) is 5.10 Å². The van der Waals surface area contributed by atoms with Crippen LogP contribution in [0, 0.1) is 0 Å². The predicted octanol–water partition coefficient (Wildman–Crippen LogP) is 3.21. The number of hydrogen-bond acceptors (Lipinski definition) is 2. The smallest absolute Gasteiger partial charge is 0.0635 e. The van der Waals surface area contributed by atoms with E-state index < -0.39 is 0 Å². The second-order valence-electron chi connectivity index (χ2n) is 5.04. The van der Waals surface area contributed by atoms with E-state index >= 15 is 0 Å². The van der Waals surface area contributed by atoms with Crippen LogP contribution in [0.3, 0.4) is 0 Å². The van der Waals surface area contributed by atoms with Crippen molar-refractivity contribution in [2.24, 2.45) is 5.73 Å². The maximum absolute atomic E-state index is 6.06. The molecule has 1 aliphatic carbocycles. The Morgan fingerprint density at radius 1 is 1.50 bits per heavy atom. The highest BCUT2D eigenvalue weighted by atomic mass is 79.9. The third-order valence-electron chi connectivity index (χ3n) is 3.38. The standard InChI is InChI=1S/C12H20BrN3/c1-8(2)16-12(11(13)7-15-16)9-4-3-5-10(14)6-9/h7-10H,3-6,14H2,1-2H3. The molecule has 2 atom stereocenters. The minimum Gasteiger partial charge on any atom is -0.328 e. The topological polar surface area (TPSA) is 43.8 Å². The molecule has 0 radical (unpaired) electrons. The number of hydrogen-bond donors (Lipinski definition) is 1. The van der Waals surface area contributed by atoms with Crippen LogP contribution in [-0.4, -0.2) is 15.8 Å². The molecule has 90 valence electrons. The molecule has 2 unspecified atom stereocenters. The lowest BCUT2D eigenvalue weighted by molar-refractivity contribution is 0.365. The molecule has 1 aromatic heterocycles. The van der Waals surface area contributed by atoms with Crippen molar-refractivity contribution in [2.75, 3.05) is 0 Å². The largest absolute Gasteiger partial charge is 0.328 e. The van der Waals surface area contributed by atoms with Gasteiger partial charge in [0.15, 0.2) is 0 Å². The highest BCUT2D eigenvalue weighted by molar-refractivity contribution is 9.10. The summed E-state index contributed by atoms with van der Waals surface area (Å²) in [6.45, 7) is 4.34. The predicted molar refractivity (Wildman–Crippen MR) is 69.5 cm³/mol. The zero-order chi connectivity index (χ0) is 11.7. The van der Waals surface area contributed by atoms with E-state index in [0.717, 1.165) is 10.9 Å². The molecule has 16 heavy (non-hydrogen) atoms. The first-order chi connectivity index (χ1) is 7.59. The molecular weight excluding hydrogens is 266 g/mol. The van der Waals surface area contributed by atoms with Crippen LogP contribution >= 0.6 is 15.9 Å². The summed E-state index contributed by atoms with van der Waals surface area (Å²) in [4.78, 5) is 0. The Hall–Kier alpha value is -0.350. The Balaban J connectivity index is 2.27. The summed E-state index contributed by atoms with van der Waals surface area (Å²) in [5.74, 6) is 0.572. The molecule has 1 aromatic rings. The van der Waals surface area contributed by atoms with E-state index in [0.29, 0.717) is 18.0 Å². The van der Waals surface area contributed by atoms with Crippen molar-refractivity contribution >= 4 is 15.9 Å². The number of nitrogens with zero attached hydrogens (tertiary/aromatic N) is 2. The Kier molecular flexibility index (Phi) is 3.70. The van der Waals surface area contributed by atoms with Gasteiger partial charge in [0.2, 0.25) is 0 Å². The van der Waals surface area contributed by atoms with Crippen molar-refractivity contribution in [3.63, 3.8) is 0 Å². The van der Waals surface area contributed by atoms with Crippen LogP contribution in [0.5, 0.6) is 0 Å². The fourth-order valence-corrected chi connectivity index (χ4v) is 3.22. The summed E-state index contributed by atoms with van der Waals surface area (Å²) in [5, 5.41) is 4.44. The van der Waals surface area contributed by atoms with E-state index in [4.69, 9.17) is 5.73 Å². The first kappa shape index (κ1) is 12.1. The SMILES string of the molecule is CC(C)n1ncc(Br)c1C1CCCC(N)C1. The van der Waals surface area contributed by atoms with Crippen LogP contribution in [0.2, 0.25) is 0 Å². The summed E-state index contributed by atoms with van der Waals surface area (Å²) in [6, 6.07) is 0.778. The summed E-state index contributed by atoms with van der Waals surface area (Å²) in [6.07, 6.45) is 6.66. The minimum atomic E-state index is 0.362. The second kappa shape index (κ2) is 4.88. The van der Waals surface area contributed by atoms with Gasteiger partial charge in [0, 0.05) is 18.0 Å². The third kappa shape index (κ3) is 2.33. The first-order valence-corrected chi connectivity index (χ1v) is 6.87. The van der Waals surface area contributed by atoms with Crippen LogP contribution in [0.4, 0.5) is 0 Å². The number of nitrogens with two attached hydrogens (primary N) is 1. The number of aromatic nitrogens is 2. The molecular formula is C12H20BrN3. The first-order valence-electron chi connectivity index (χ1n) is 6.08. The lowest BCUT2D eigenvalue weighted by Crippen LogP contribution is -2.28. The van der Waals surface area contributed by atoms with Gasteiger partial charge >= 0.3 is 0 Å². The summed E-state index contributed by atoms with van der Waals surface area (Å²) >= 11 is 3.62. The normalized spacial score (nSPS) is 26.3. The van der Waals surface area contributed by atoms with Crippen molar-refractivity contribution in [3.05, 3.63) is 16.4 Å². The zero-order valence-electron chi connectivity index (χ0n) is 9.99. The Morgan fingerprint density at radius 2 is 2.25 bits per heavy atom. The van der Waals surface area contributed by atoms with Crippen molar-refractivity contribution in [2.45, 2.75) is 57.5 Å². The number of halogens is 1. The maximum Gasteiger partial charge on any atom is 0.0635 e. The summed E-state index contributed by atoms with van der Waals surface area (Å²) in [5.41, 5.74) is 7.40. The maximum atomic E-state index is 6.06. The van der Waals surface area contributed by atoms with Gasteiger partial charge in [-0.05, 0) is 49.0 Å². The van der Waals surface area contributed by atoms with Crippen molar-refractivity contribution < 1.29 is 0 Å². The van der Waals surface area contributed by atoms with Gasteiger partial charge in [0.1, 0.15) is 0 Å². The van der Waals surface area contributed by atoms with Gasteiger partial charge < -0.3 is 5.73 Å². The van der Waals surface area contributed by atoms with Gasteiger partial charge in [-0.15, -0.1) is 0 Å². The lowest BCUT2D eigenvalue weighted by atomic mass is 9.84. The molecule has 0 saturated heterocycles. The molecule has 3 nitrogen and oxygen atoms in total. The molecule has 1 heterocycles. The lowest BCUT2D eigenvalue weighted by Gasteiger charge is -2.28. The molecule has 0 aromatic carbocycles. The molecule has 2 rings (SSSR count). The molecule has 1 aliphatic rings. The Morgan fingerprint density at radius 3 is 2.88 bits per heavy atom. The van der Waals surface area contributed by atoms with E-state index in [-0.39, 0.29) is 0 Å². The zero-order valence-corrected chi connectivity index (χ0v) is 11.6. The molecule has 4 heteroatoms. The highest BCUT2D eigenvalue weighted by Gasteiger charge is 2.26. The van der Waals surface area contributed by atoms with Crippen LogP contribution in [-0.2, 0) is 0 Å². The van der Waals surface area contributed by atoms with Crippen LogP contribution in [0.25, 0.3) is 0 Å². The van der Waals surface area contributed by atoms with Gasteiger partial charge in [-0.3, -0.25) is 4.68 Å². The van der Waals surface area contributed by atoms with Crippen LogP contribution in [0.15, 0.2) is 10.7 Å². The molecule has 0 amide bonds. The van der Waals surface area contributed by atoms with Gasteiger partial charge in [-0.25, -0.2) is 0 Å². The van der Waals surface area contributed by atoms with E-state index in [1.54, 1.807) is 0 Å². The van der Waals surface area contributed by atoms with E-state index in [1.807, 2.05) is 6.20 Å². The van der Waals surface area contributed by atoms with Crippen molar-refractivity contribution in [1.29, 1.82) is 0 Å². The fourth-order valence-electron chi connectivity index (χ4n) is 2.62. The van der Waals surface area contributed by atoms with Crippen molar-refractivity contribution in [1.82, 2.24) is 9.78 Å². The van der Waals surface area contributed by atoms with Gasteiger partial charge in [0.05, 0.1) is 16.4 Å². The average molecular weight is 286 g/mol. The quantitative estimate of drug-likeness (QED) is 0.907. The molecule has 2 N–H and O–H groups in total. The fraction of sp³-hybridized carbons (Fsp3) is 0.750. The van der Waals surface area contributed by atoms with E-state index in [9.17, 15) is 0 Å². The highest BCUT2D eigenvalue weighted by Crippen LogP contribution is 2.36.